The number of rotatable bonds is 14. The summed E-state index contributed by atoms with van der Waals surface area (Å²) in [6, 6.07) is 11.1. The molecule has 24 nitrogen and oxygen atoms in total. The first-order valence-electron chi connectivity index (χ1n) is 20.4. The Morgan fingerprint density at radius 2 is 1.24 bits per heavy atom. The standard InChI is InChI=1S/C43H48O24/c1-59-25-9-17(4-6-21(25)48)39-26(12-19-23(61-39)10-18(46)11-24(19)62-41-37(57)34(54)31(51)27(13-44)64-41)63-43-40(67-42-38(58)35(55)32(52)28(14-45)65-42)36(56)33(53)29(66-43)15-60-30(50)7-3-16-2-5-20(47)22(49)8-16/h2-12,27-29,31-38,40-45,51-58H,13-15H2,1H3,(H3-,46,47,48,49,50)/p+1/t27-,28-,29-,31-,32-,33-,34+,35+,36+,37-,38-,40-,41-,42+,43-/m1/s1. The number of methoxy groups -OCH3 is 1. The van der Waals surface area contributed by atoms with Crippen LogP contribution in [-0.2, 0) is 28.5 Å². The van der Waals surface area contributed by atoms with Crippen LogP contribution in [0.25, 0.3) is 28.4 Å². The Kier molecular flexibility index (Phi) is 15.2. The van der Waals surface area contributed by atoms with Gasteiger partial charge in [-0.1, -0.05) is 6.07 Å². The van der Waals surface area contributed by atoms with Crippen molar-refractivity contribution in [3.63, 3.8) is 0 Å². The molecule has 1 aromatic heterocycles. The van der Waals surface area contributed by atoms with Crippen LogP contribution in [0.4, 0.5) is 0 Å². The van der Waals surface area contributed by atoms with E-state index in [0.717, 1.165) is 24.3 Å². The Labute approximate surface area is 378 Å². The molecule has 67 heavy (non-hydrogen) atoms. The Morgan fingerprint density at radius 1 is 0.627 bits per heavy atom. The zero-order valence-corrected chi connectivity index (χ0v) is 35.0. The zero-order valence-electron chi connectivity index (χ0n) is 35.0. The molecule has 3 aliphatic rings. The highest BCUT2D eigenvalue weighted by Gasteiger charge is 2.52. The van der Waals surface area contributed by atoms with Gasteiger partial charge in [0.1, 0.15) is 90.6 Å². The Balaban J connectivity index is 1.28. The number of aliphatic hydroxyl groups is 10. The molecule has 3 fully saturated rings. The highest BCUT2D eigenvalue weighted by molar-refractivity contribution is 5.89. The van der Waals surface area contributed by atoms with E-state index >= 15 is 0 Å². The fourth-order valence-corrected chi connectivity index (χ4v) is 7.43. The first kappa shape index (κ1) is 49.2. The lowest BCUT2D eigenvalue weighted by molar-refractivity contribution is -0.357. The maximum Gasteiger partial charge on any atom is 0.402 e. The minimum atomic E-state index is -2.08. The highest BCUT2D eigenvalue weighted by Crippen LogP contribution is 2.44. The molecule has 0 spiro atoms. The number of fused-ring (bicyclic) bond motifs is 1. The number of benzene rings is 3. The molecule has 364 valence electrons. The van der Waals surface area contributed by atoms with Gasteiger partial charge in [-0.05, 0) is 35.9 Å². The van der Waals surface area contributed by atoms with E-state index in [1.165, 1.54) is 49.6 Å². The van der Waals surface area contributed by atoms with Crippen molar-refractivity contribution in [1.82, 2.24) is 0 Å². The lowest BCUT2D eigenvalue weighted by Gasteiger charge is -2.45. The van der Waals surface area contributed by atoms with E-state index in [0.29, 0.717) is 0 Å². The van der Waals surface area contributed by atoms with E-state index in [1.54, 1.807) is 0 Å². The molecule has 15 atom stereocenters. The second-order valence-corrected chi connectivity index (χ2v) is 15.6. The van der Waals surface area contributed by atoms with Crippen LogP contribution >= 0.6 is 0 Å². The summed E-state index contributed by atoms with van der Waals surface area (Å²) in [4.78, 5) is 12.8. The third-order valence-electron chi connectivity index (χ3n) is 11.2. The van der Waals surface area contributed by atoms with Gasteiger partial charge in [0.15, 0.2) is 35.4 Å². The Morgan fingerprint density at radius 3 is 1.90 bits per heavy atom. The molecule has 3 aromatic carbocycles. The summed E-state index contributed by atoms with van der Waals surface area (Å²) in [5.41, 5.74) is 0.259. The third kappa shape index (κ3) is 10.4. The van der Waals surface area contributed by atoms with Crippen molar-refractivity contribution in [2.75, 3.05) is 26.9 Å². The number of carbonyl (C=O) groups is 1. The van der Waals surface area contributed by atoms with Gasteiger partial charge >= 0.3 is 17.3 Å². The first-order valence-corrected chi connectivity index (χ1v) is 20.4. The van der Waals surface area contributed by atoms with Crippen molar-refractivity contribution in [1.29, 1.82) is 0 Å². The molecule has 0 unspecified atom stereocenters. The maximum atomic E-state index is 12.8. The van der Waals surface area contributed by atoms with Crippen LogP contribution in [0.3, 0.4) is 0 Å². The molecule has 4 aromatic rings. The SMILES string of the molecule is COc1cc(-c2[o+]c3cc(O)cc(O[C@@H]4O[C@H](CO)[C@@H](O)[C@H](O)[C@H]4O)c3cc2O[C@@H]2O[C@H](COC(=O)/C=C/c3ccc(O)c(O)c3)[C@@H](O)[C@H](O)[C@H]2O[C@@H]2O[C@H](CO)[C@@H](O)[C@H](O)[C@H]2O)ccc1O. The smallest absolute Gasteiger partial charge is 0.402 e. The molecule has 7 rings (SSSR count). The van der Waals surface area contributed by atoms with E-state index < -0.39 is 135 Å². The first-order chi connectivity index (χ1) is 31.9. The molecule has 14 N–H and O–H groups in total. The van der Waals surface area contributed by atoms with Gasteiger partial charge in [-0.25, -0.2) is 9.21 Å². The van der Waals surface area contributed by atoms with E-state index in [9.17, 15) is 76.3 Å². The number of aliphatic hydroxyl groups excluding tert-OH is 10. The van der Waals surface area contributed by atoms with Gasteiger partial charge in [0, 0.05) is 24.3 Å². The van der Waals surface area contributed by atoms with Gasteiger partial charge in [0.05, 0.1) is 32.0 Å². The topological polar surface area (TPSA) is 385 Å². The Hall–Kier alpha value is -5.68. The monoisotopic (exact) mass is 949 g/mol. The molecule has 24 heteroatoms. The van der Waals surface area contributed by atoms with E-state index in [4.69, 9.17) is 42.3 Å². The molecule has 3 saturated heterocycles. The van der Waals surface area contributed by atoms with Gasteiger partial charge in [-0.2, -0.15) is 0 Å². The van der Waals surface area contributed by atoms with E-state index in [-0.39, 0.29) is 50.9 Å². The van der Waals surface area contributed by atoms with Crippen LogP contribution < -0.4 is 14.2 Å². The summed E-state index contributed by atoms with van der Waals surface area (Å²) in [6.45, 7) is -2.43. The number of aromatic hydroxyl groups is 4. The second kappa shape index (κ2) is 20.7. The summed E-state index contributed by atoms with van der Waals surface area (Å²) < 4.78 is 52.1. The number of hydrogen-bond acceptors (Lipinski definition) is 23. The van der Waals surface area contributed by atoms with Gasteiger partial charge < -0.3 is 109 Å². The van der Waals surface area contributed by atoms with Crippen LogP contribution in [0.5, 0.6) is 40.2 Å². The molecular formula is C43H49O24+. The van der Waals surface area contributed by atoms with E-state index in [2.05, 4.69) is 0 Å². The molecule has 3 aliphatic heterocycles. The molecule has 0 saturated carbocycles. The van der Waals surface area contributed by atoms with Crippen LogP contribution in [0.1, 0.15) is 5.56 Å². The van der Waals surface area contributed by atoms with Gasteiger partial charge in [0.25, 0.3) is 0 Å². The molecule has 0 radical (unpaired) electrons. The lowest BCUT2D eigenvalue weighted by Crippen LogP contribution is -2.65. The number of carbonyl (C=O) groups excluding carboxylic acids is 1. The number of esters is 1. The van der Waals surface area contributed by atoms with Crippen molar-refractivity contribution in [2.45, 2.75) is 92.1 Å². The zero-order chi connectivity index (χ0) is 48.4. The number of hydrogen-bond donors (Lipinski definition) is 14. The minimum absolute atomic E-state index is 0.0595. The lowest BCUT2D eigenvalue weighted by atomic mass is 9.97. The minimum Gasteiger partial charge on any atom is -0.507 e. The summed E-state index contributed by atoms with van der Waals surface area (Å²) >= 11 is 0. The maximum absolute atomic E-state index is 12.8. The van der Waals surface area contributed by atoms with Crippen LogP contribution in [-0.4, -0.2) is 197 Å². The summed E-state index contributed by atoms with van der Waals surface area (Å²) in [5.74, 6) is -3.56. The van der Waals surface area contributed by atoms with Crippen LogP contribution in [0.15, 0.2) is 65.1 Å². The van der Waals surface area contributed by atoms with Gasteiger partial charge in [0.2, 0.25) is 18.3 Å². The number of phenolic OH excluding ortho intramolecular Hbond substituents is 4. The highest BCUT2D eigenvalue weighted by atomic mass is 16.8. The predicted octanol–water partition coefficient (Wildman–Crippen LogP) is -2.34. The van der Waals surface area contributed by atoms with Crippen molar-refractivity contribution < 1.29 is 119 Å². The fraction of sp³-hybridized carbons (Fsp3) is 0.442. The molecule has 0 amide bonds. The quantitative estimate of drug-likeness (QED) is 0.0272. The van der Waals surface area contributed by atoms with Crippen molar-refractivity contribution in [3.8, 4) is 51.6 Å². The molecule has 4 heterocycles. The van der Waals surface area contributed by atoms with Crippen LogP contribution in [0.2, 0.25) is 0 Å². The average Bonchev–Trinajstić information content (AvgIpc) is 3.31. The normalized spacial score (nSPS) is 32.3. The number of phenols is 4. The van der Waals surface area contributed by atoms with Crippen LogP contribution in [0, 0.1) is 0 Å². The van der Waals surface area contributed by atoms with Gasteiger partial charge in [-0.15, -0.1) is 0 Å². The predicted molar refractivity (Wildman–Crippen MR) is 220 cm³/mol. The summed E-state index contributed by atoms with van der Waals surface area (Å²) in [7, 11) is 1.26. The molecular weight excluding hydrogens is 900 g/mol. The van der Waals surface area contributed by atoms with Crippen molar-refractivity contribution in [3.05, 3.63) is 66.2 Å². The van der Waals surface area contributed by atoms with Gasteiger partial charge in [-0.3, -0.25) is 0 Å². The number of ether oxygens (including phenoxy) is 8. The van der Waals surface area contributed by atoms with E-state index in [1.807, 2.05) is 0 Å². The summed E-state index contributed by atoms with van der Waals surface area (Å²) in [6.07, 6.45) is -25.3. The average molecular weight is 950 g/mol. The molecule has 0 aliphatic carbocycles. The Bertz CT molecular complexity index is 2390. The fourth-order valence-electron chi connectivity index (χ4n) is 7.43. The second-order valence-electron chi connectivity index (χ2n) is 15.6. The third-order valence-corrected chi connectivity index (χ3v) is 11.2. The largest absolute Gasteiger partial charge is 0.507 e. The molecule has 0 bridgehead atoms. The van der Waals surface area contributed by atoms with Crippen molar-refractivity contribution in [2.24, 2.45) is 0 Å². The van der Waals surface area contributed by atoms with Crippen molar-refractivity contribution >= 4 is 23.0 Å². The summed E-state index contributed by atoms with van der Waals surface area (Å²) in [5, 5.41) is 146.